The van der Waals surface area contributed by atoms with E-state index in [0.29, 0.717) is 43.1 Å². The second-order valence-corrected chi connectivity index (χ2v) is 7.96. The van der Waals surface area contributed by atoms with Crippen molar-refractivity contribution in [3.8, 4) is 0 Å². The zero-order chi connectivity index (χ0) is 21.2. The normalized spacial score (nSPS) is 17.3. The number of halogens is 2. The van der Waals surface area contributed by atoms with Gasteiger partial charge < -0.3 is 10.2 Å². The second-order valence-electron chi connectivity index (χ2n) is 7.96. The Morgan fingerprint density at radius 3 is 2.76 bits per heavy atom. The van der Waals surface area contributed by atoms with Gasteiger partial charge in [-0.15, -0.1) is 0 Å². The minimum absolute atomic E-state index is 0.00649. The molecule has 1 atom stereocenters. The third kappa shape index (κ3) is 5.03. The number of ketones is 1. The van der Waals surface area contributed by atoms with Crippen LogP contribution in [0.2, 0.25) is 0 Å². The molecule has 1 fully saturated rings. The van der Waals surface area contributed by atoms with Gasteiger partial charge in [-0.05, 0) is 51.5 Å². The molecule has 1 aliphatic rings. The molecule has 0 aromatic carbocycles. The monoisotopic (exact) mass is 400 g/mol. The van der Waals surface area contributed by atoms with E-state index in [4.69, 9.17) is 0 Å². The van der Waals surface area contributed by atoms with E-state index in [-0.39, 0.29) is 17.3 Å². The van der Waals surface area contributed by atoms with E-state index in [1.54, 1.807) is 45.2 Å². The van der Waals surface area contributed by atoms with E-state index in [0.717, 1.165) is 0 Å². The third-order valence-corrected chi connectivity index (χ3v) is 4.95. The van der Waals surface area contributed by atoms with Gasteiger partial charge in [0.2, 0.25) is 5.78 Å². The van der Waals surface area contributed by atoms with Crippen LogP contribution in [-0.2, 0) is 0 Å². The van der Waals surface area contributed by atoms with Crippen LogP contribution in [0, 0.1) is 6.92 Å². The smallest absolute Gasteiger partial charge is 0.213 e. The molecule has 1 N–H and O–H groups in total. The molecule has 0 amide bonds. The number of carbonyl (C=O) groups is 1. The van der Waals surface area contributed by atoms with Crippen molar-refractivity contribution in [2.24, 2.45) is 0 Å². The number of hydrogen-bond donors (Lipinski definition) is 1. The summed E-state index contributed by atoms with van der Waals surface area (Å²) >= 11 is 0. The van der Waals surface area contributed by atoms with Gasteiger partial charge >= 0.3 is 0 Å². The molecule has 1 aliphatic heterocycles. The molecule has 0 radical (unpaired) electrons. The van der Waals surface area contributed by atoms with Crippen LogP contribution in [0.4, 0.5) is 14.6 Å². The Hall–Kier alpha value is -2.67. The molecule has 5 nitrogen and oxygen atoms in total. The van der Waals surface area contributed by atoms with Crippen LogP contribution < -0.4 is 10.2 Å². The highest BCUT2D eigenvalue weighted by Crippen LogP contribution is 2.26. The van der Waals surface area contributed by atoms with Crippen molar-refractivity contribution in [1.29, 1.82) is 0 Å². The number of hydrogen-bond acceptors (Lipinski definition) is 5. The summed E-state index contributed by atoms with van der Waals surface area (Å²) in [7, 11) is 0. The molecule has 0 bridgehead atoms. The first-order chi connectivity index (χ1) is 13.7. The zero-order valence-electron chi connectivity index (χ0n) is 17.0. The van der Waals surface area contributed by atoms with Crippen LogP contribution in [0.3, 0.4) is 0 Å². The topological polar surface area (TPSA) is 58.1 Å². The van der Waals surface area contributed by atoms with Gasteiger partial charge in [-0.1, -0.05) is 6.58 Å². The lowest BCUT2D eigenvalue weighted by Gasteiger charge is -2.36. The van der Waals surface area contributed by atoms with Gasteiger partial charge in [0.05, 0.1) is 0 Å². The van der Waals surface area contributed by atoms with E-state index in [9.17, 15) is 13.6 Å². The lowest BCUT2D eigenvalue weighted by molar-refractivity contribution is 0.103. The van der Waals surface area contributed by atoms with Crippen LogP contribution in [0.1, 0.15) is 47.6 Å². The zero-order valence-corrected chi connectivity index (χ0v) is 17.0. The number of rotatable bonds is 6. The SMILES string of the molecule is C=C(F)c1ccc(N2CCNC(CC(C)(C)F)C2)nc1C(=O)c1cccnc1C. The standard InChI is InChI=1S/C22H26F2N4O/c1-14(23)17-7-8-19(28-11-10-26-16(13-28)12-22(3,4)24)27-20(17)21(29)18-6-5-9-25-15(18)2/h5-9,16,26H,1,10-13H2,2-4H3. The summed E-state index contributed by atoms with van der Waals surface area (Å²) in [4.78, 5) is 23.7. The maximum absolute atomic E-state index is 14.1. The minimum Gasteiger partial charge on any atom is -0.354 e. The Balaban J connectivity index is 1.94. The molecular weight excluding hydrogens is 374 g/mol. The first kappa shape index (κ1) is 21.0. The van der Waals surface area contributed by atoms with Gasteiger partial charge in [0.15, 0.2) is 0 Å². The maximum Gasteiger partial charge on any atom is 0.213 e. The highest BCUT2D eigenvalue weighted by molar-refractivity contribution is 6.10. The van der Waals surface area contributed by atoms with Crippen molar-refractivity contribution in [3.63, 3.8) is 0 Å². The lowest BCUT2D eigenvalue weighted by atomic mass is 9.99. The van der Waals surface area contributed by atoms with E-state index >= 15 is 0 Å². The number of anilines is 1. The largest absolute Gasteiger partial charge is 0.354 e. The first-order valence-corrected chi connectivity index (χ1v) is 9.65. The Labute approximate surface area is 169 Å². The highest BCUT2D eigenvalue weighted by atomic mass is 19.1. The molecule has 2 aromatic heterocycles. The van der Waals surface area contributed by atoms with Gasteiger partial charge in [-0.2, -0.15) is 0 Å². The number of aromatic nitrogens is 2. The first-order valence-electron chi connectivity index (χ1n) is 9.65. The molecule has 3 rings (SSSR count). The van der Waals surface area contributed by atoms with Gasteiger partial charge in [0, 0.05) is 48.7 Å². The maximum atomic E-state index is 14.1. The summed E-state index contributed by atoms with van der Waals surface area (Å²) in [6.45, 7) is 10.1. The molecule has 29 heavy (non-hydrogen) atoms. The van der Waals surface area contributed by atoms with Crippen LogP contribution >= 0.6 is 0 Å². The molecule has 2 aromatic rings. The number of alkyl halides is 1. The van der Waals surface area contributed by atoms with Crippen molar-refractivity contribution < 1.29 is 13.6 Å². The molecule has 7 heteroatoms. The van der Waals surface area contributed by atoms with E-state index < -0.39 is 17.3 Å². The Morgan fingerprint density at radius 1 is 1.34 bits per heavy atom. The summed E-state index contributed by atoms with van der Waals surface area (Å²) in [6, 6.07) is 6.47. The molecule has 154 valence electrons. The summed E-state index contributed by atoms with van der Waals surface area (Å²) in [6.07, 6.45) is 1.96. The number of carbonyl (C=O) groups excluding carboxylic acids is 1. The fourth-order valence-electron chi connectivity index (χ4n) is 3.62. The van der Waals surface area contributed by atoms with E-state index in [1.807, 2.05) is 4.90 Å². The van der Waals surface area contributed by atoms with Crippen molar-refractivity contribution in [1.82, 2.24) is 15.3 Å². The van der Waals surface area contributed by atoms with Crippen LogP contribution in [-0.4, -0.2) is 47.1 Å². The minimum atomic E-state index is -1.29. The second kappa shape index (κ2) is 8.37. The molecule has 0 saturated carbocycles. The van der Waals surface area contributed by atoms with Crippen molar-refractivity contribution in [2.75, 3.05) is 24.5 Å². The van der Waals surface area contributed by atoms with Crippen LogP contribution in [0.15, 0.2) is 37.0 Å². The van der Waals surface area contributed by atoms with Gasteiger partial charge in [0.25, 0.3) is 0 Å². The fraction of sp³-hybridized carbons (Fsp3) is 0.409. The average molecular weight is 400 g/mol. The fourth-order valence-corrected chi connectivity index (χ4v) is 3.62. The Bertz CT molecular complexity index is 923. The van der Waals surface area contributed by atoms with Crippen LogP contribution in [0.5, 0.6) is 0 Å². The third-order valence-electron chi connectivity index (χ3n) is 4.95. The van der Waals surface area contributed by atoms with Gasteiger partial charge in [-0.3, -0.25) is 9.78 Å². The number of nitrogens with one attached hydrogen (secondary N) is 1. The van der Waals surface area contributed by atoms with E-state index in [1.165, 1.54) is 6.07 Å². The van der Waals surface area contributed by atoms with Crippen molar-refractivity contribution >= 4 is 17.4 Å². The Kier molecular flexibility index (Phi) is 6.07. The Morgan fingerprint density at radius 2 is 2.10 bits per heavy atom. The van der Waals surface area contributed by atoms with E-state index in [2.05, 4.69) is 21.9 Å². The van der Waals surface area contributed by atoms with Gasteiger partial charge in [-0.25, -0.2) is 13.8 Å². The van der Waals surface area contributed by atoms with Crippen molar-refractivity contribution in [2.45, 2.75) is 38.9 Å². The summed E-state index contributed by atoms with van der Waals surface area (Å²) in [5.41, 5.74) is -0.293. The number of pyridine rings is 2. The molecular formula is C22H26F2N4O. The molecule has 3 heterocycles. The van der Waals surface area contributed by atoms with Crippen LogP contribution in [0.25, 0.3) is 5.83 Å². The molecule has 1 unspecified atom stereocenters. The number of aryl methyl sites for hydroxylation is 1. The quantitative estimate of drug-likeness (QED) is 0.746. The number of nitrogens with zero attached hydrogens (tertiary/aromatic N) is 3. The van der Waals surface area contributed by atoms with Gasteiger partial charge in [0.1, 0.15) is 23.0 Å². The predicted octanol–water partition coefficient (Wildman–Crippen LogP) is 3.87. The summed E-state index contributed by atoms with van der Waals surface area (Å²) < 4.78 is 28.1. The average Bonchev–Trinajstić information content (AvgIpc) is 2.66. The van der Waals surface area contributed by atoms with Crippen molar-refractivity contribution in [3.05, 3.63) is 59.6 Å². The predicted molar refractivity (Wildman–Crippen MR) is 111 cm³/mol. The molecule has 0 aliphatic carbocycles. The highest BCUT2D eigenvalue weighted by Gasteiger charge is 2.28. The summed E-state index contributed by atoms with van der Waals surface area (Å²) in [5.74, 6) is -0.558. The lowest BCUT2D eigenvalue weighted by Crippen LogP contribution is -2.52. The summed E-state index contributed by atoms with van der Waals surface area (Å²) in [5, 5.41) is 3.32. The molecule has 1 saturated heterocycles. The number of piperazine rings is 1. The molecule has 0 spiro atoms.